The summed E-state index contributed by atoms with van der Waals surface area (Å²) in [6, 6.07) is 0. The van der Waals surface area contributed by atoms with Crippen molar-refractivity contribution >= 4 is 6.21 Å². The Morgan fingerprint density at radius 1 is 1.32 bits per heavy atom. The van der Waals surface area contributed by atoms with E-state index in [0.717, 1.165) is 24.1 Å². The summed E-state index contributed by atoms with van der Waals surface area (Å²) in [6.45, 7) is 14.4. The highest BCUT2D eigenvalue weighted by molar-refractivity contribution is 5.77. The molecule has 0 spiro atoms. The Morgan fingerprint density at radius 3 is 2.42 bits per heavy atom. The van der Waals surface area contributed by atoms with Crippen molar-refractivity contribution in [3.05, 3.63) is 23.7 Å². The molecular formula is C17H30FN. The molecule has 0 aliphatic heterocycles. The van der Waals surface area contributed by atoms with Crippen LogP contribution in [-0.2, 0) is 0 Å². The third kappa shape index (κ3) is 7.29. The van der Waals surface area contributed by atoms with E-state index < -0.39 is 0 Å². The van der Waals surface area contributed by atoms with Gasteiger partial charge < -0.3 is 0 Å². The van der Waals surface area contributed by atoms with E-state index in [9.17, 15) is 4.39 Å². The molecule has 0 aromatic heterocycles. The van der Waals surface area contributed by atoms with Crippen LogP contribution in [0.15, 0.2) is 28.7 Å². The van der Waals surface area contributed by atoms with Crippen molar-refractivity contribution in [3.8, 4) is 0 Å². The molecule has 0 saturated carbocycles. The summed E-state index contributed by atoms with van der Waals surface area (Å²) in [5.41, 5.74) is 1.53. The zero-order valence-corrected chi connectivity index (χ0v) is 13.3. The van der Waals surface area contributed by atoms with E-state index in [-0.39, 0.29) is 5.83 Å². The number of hydrogen-bond acceptors (Lipinski definition) is 1. The topological polar surface area (TPSA) is 12.4 Å². The summed E-state index contributed by atoms with van der Waals surface area (Å²) in [7, 11) is 0. The van der Waals surface area contributed by atoms with Crippen molar-refractivity contribution in [1.29, 1.82) is 0 Å². The lowest BCUT2D eigenvalue weighted by Crippen LogP contribution is -2.11. The van der Waals surface area contributed by atoms with Gasteiger partial charge in [0.15, 0.2) is 0 Å². The van der Waals surface area contributed by atoms with Crippen LogP contribution < -0.4 is 0 Å². The van der Waals surface area contributed by atoms with E-state index >= 15 is 0 Å². The normalized spacial score (nSPS) is 16.3. The second kappa shape index (κ2) is 9.94. The molecule has 2 unspecified atom stereocenters. The van der Waals surface area contributed by atoms with Crippen molar-refractivity contribution < 1.29 is 4.39 Å². The highest BCUT2D eigenvalue weighted by Crippen LogP contribution is 2.27. The lowest BCUT2D eigenvalue weighted by atomic mass is 9.85. The van der Waals surface area contributed by atoms with Crippen LogP contribution in [0.25, 0.3) is 0 Å². The van der Waals surface area contributed by atoms with Crippen LogP contribution in [0, 0.1) is 11.8 Å². The van der Waals surface area contributed by atoms with E-state index in [1.54, 1.807) is 6.92 Å². The molecule has 2 atom stereocenters. The number of allylic oxidation sites excluding steroid dienone is 3. The van der Waals surface area contributed by atoms with E-state index in [2.05, 4.69) is 32.3 Å². The molecule has 0 aliphatic carbocycles. The Labute approximate surface area is 118 Å². The summed E-state index contributed by atoms with van der Waals surface area (Å²) in [5.74, 6) is 1.06. The minimum atomic E-state index is -0.223. The standard InChI is InChI=1S/C17H30FN/c1-7-10-16(13(4)8-2)11-15(6)19-12-17(18)14(5)9-3/h12-13,16H,6-11H2,1-5H3/b17-14-,19-12?. The molecule has 0 aromatic carbocycles. The molecule has 1 nitrogen and oxygen atoms in total. The molecule has 0 heterocycles. The Bertz CT molecular complexity index is 328. The van der Waals surface area contributed by atoms with Crippen molar-refractivity contribution in [2.45, 2.75) is 66.7 Å². The van der Waals surface area contributed by atoms with Crippen molar-refractivity contribution in [2.24, 2.45) is 16.8 Å². The van der Waals surface area contributed by atoms with Gasteiger partial charge in [0.25, 0.3) is 0 Å². The molecule has 0 aliphatic rings. The summed E-state index contributed by atoms with van der Waals surface area (Å²) in [5, 5.41) is 0. The summed E-state index contributed by atoms with van der Waals surface area (Å²) < 4.78 is 13.6. The Morgan fingerprint density at radius 2 is 1.95 bits per heavy atom. The van der Waals surface area contributed by atoms with E-state index in [0.29, 0.717) is 11.8 Å². The first kappa shape index (κ1) is 18.1. The van der Waals surface area contributed by atoms with E-state index in [4.69, 9.17) is 0 Å². The molecular weight excluding hydrogens is 237 g/mol. The summed E-state index contributed by atoms with van der Waals surface area (Å²) in [4.78, 5) is 4.18. The number of aliphatic imine (C=N–C) groups is 1. The van der Waals surface area contributed by atoms with Gasteiger partial charge in [-0.15, -0.1) is 0 Å². The van der Waals surface area contributed by atoms with Gasteiger partial charge in [0.05, 0.1) is 6.21 Å². The van der Waals surface area contributed by atoms with Crippen LogP contribution in [0.3, 0.4) is 0 Å². The summed E-state index contributed by atoms with van der Waals surface area (Å²) >= 11 is 0. The fraction of sp³-hybridized carbons (Fsp3) is 0.706. The molecule has 0 fully saturated rings. The molecule has 0 bridgehead atoms. The molecule has 110 valence electrons. The molecule has 0 N–H and O–H groups in total. The van der Waals surface area contributed by atoms with Gasteiger partial charge in [-0.25, -0.2) is 4.39 Å². The predicted octanol–water partition coefficient (Wildman–Crippen LogP) is 6.08. The highest BCUT2D eigenvalue weighted by Gasteiger charge is 2.15. The van der Waals surface area contributed by atoms with Crippen LogP contribution in [0.1, 0.15) is 66.7 Å². The zero-order valence-electron chi connectivity index (χ0n) is 13.3. The fourth-order valence-electron chi connectivity index (χ4n) is 2.07. The van der Waals surface area contributed by atoms with Gasteiger partial charge in [-0.2, -0.15) is 0 Å². The van der Waals surface area contributed by atoms with Gasteiger partial charge >= 0.3 is 0 Å². The van der Waals surface area contributed by atoms with E-state index in [1.165, 1.54) is 25.5 Å². The zero-order chi connectivity index (χ0) is 14.8. The van der Waals surface area contributed by atoms with Crippen LogP contribution >= 0.6 is 0 Å². The maximum Gasteiger partial charge on any atom is 0.140 e. The molecule has 0 amide bonds. The average Bonchev–Trinajstić information content (AvgIpc) is 2.42. The second-order valence-electron chi connectivity index (χ2n) is 5.44. The fourth-order valence-corrected chi connectivity index (χ4v) is 2.07. The van der Waals surface area contributed by atoms with Crippen LogP contribution in [0.2, 0.25) is 0 Å². The maximum absolute atomic E-state index is 13.6. The number of rotatable bonds is 9. The monoisotopic (exact) mass is 267 g/mol. The molecule has 2 heteroatoms. The largest absolute Gasteiger partial charge is 0.259 e. The van der Waals surface area contributed by atoms with Crippen molar-refractivity contribution in [1.82, 2.24) is 0 Å². The van der Waals surface area contributed by atoms with Gasteiger partial charge in [-0.3, -0.25) is 4.99 Å². The first-order valence-electron chi connectivity index (χ1n) is 7.53. The minimum Gasteiger partial charge on any atom is -0.259 e. The van der Waals surface area contributed by atoms with Crippen molar-refractivity contribution in [3.63, 3.8) is 0 Å². The third-order valence-corrected chi connectivity index (χ3v) is 3.90. The molecule has 0 rings (SSSR count). The molecule has 19 heavy (non-hydrogen) atoms. The second-order valence-corrected chi connectivity index (χ2v) is 5.44. The maximum atomic E-state index is 13.6. The molecule has 0 saturated heterocycles. The van der Waals surface area contributed by atoms with Crippen molar-refractivity contribution in [2.75, 3.05) is 0 Å². The Hall–Kier alpha value is -0.920. The molecule has 0 aromatic rings. The SMILES string of the molecule is C=C(CC(CCC)C(C)CC)N=C/C(F)=C(\C)CC. The highest BCUT2D eigenvalue weighted by atomic mass is 19.1. The van der Waals surface area contributed by atoms with Gasteiger partial charge in [0, 0.05) is 5.70 Å². The minimum absolute atomic E-state index is 0.223. The number of halogens is 1. The first-order valence-corrected chi connectivity index (χ1v) is 7.53. The lowest BCUT2D eigenvalue weighted by molar-refractivity contribution is 0.321. The van der Waals surface area contributed by atoms with Gasteiger partial charge in [0.1, 0.15) is 5.83 Å². The van der Waals surface area contributed by atoms with Crippen LogP contribution in [0.5, 0.6) is 0 Å². The Balaban J connectivity index is 4.54. The smallest absolute Gasteiger partial charge is 0.140 e. The lowest BCUT2D eigenvalue weighted by Gasteiger charge is -2.22. The number of hydrogen-bond donors (Lipinski definition) is 0. The Kier molecular flexibility index (Phi) is 9.46. The van der Waals surface area contributed by atoms with Gasteiger partial charge in [0.2, 0.25) is 0 Å². The van der Waals surface area contributed by atoms with Gasteiger partial charge in [-0.1, -0.05) is 53.5 Å². The third-order valence-electron chi connectivity index (χ3n) is 3.90. The van der Waals surface area contributed by atoms with Gasteiger partial charge in [-0.05, 0) is 37.2 Å². The summed E-state index contributed by atoms with van der Waals surface area (Å²) in [6.07, 6.45) is 6.45. The van der Waals surface area contributed by atoms with E-state index in [1.807, 2.05) is 6.92 Å². The molecule has 0 radical (unpaired) electrons. The van der Waals surface area contributed by atoms with Crippen LogP contribution in [-0.4, -0.2) is 6.21 Å². The first-order chi connectivity index (χ1) is 8.96. The quantitative estimate of drug-likeness (QED) is 0.449. The average molecular weight is 267 g/mol. The predicted molar refractivity (Wildman–Crippen MR) is 84.2 cm³/mol. The van der Waals surface area contributed by atoms with Crippen LogP contribution in [0.4, 0.5) is 4.39 Å². The number of nitrogens with zero attached hydrogens (tertiary/aromatic N) is 1.